The number of amides is 1. The smallest absolute Gasteiger partial charge is 0.405 e. The minimum absolute atomic E-state index is 0.0376. The van der Waals surface area contributed by atoms with Crippen LogP contribution in [0.2, 0.25) is 0 Å². The van der Waals surface area contributed by atoms with Crippen LogP contribution in [0.1, 0.15) is 18.0 Å². The molecule has 0 heterocycles. The van der Waals surface area contributed by atoms with Crippen LogP contribution in [0.25, 0.3) is 0 Å². The average molecular weight is 235 g/mol. The number of hydrogen-bond acceptors (Lipinski definition) is 4. The van der Waals surface area contributed by atoms with Crippen molar-refractivity contribution in [2.75, 3.05) is 0 Å². The van der Waals surface area contributed by atoms with Crippen LogP contribution in [0.15, 0.2) is 24.3 Å². The van der Waals surface area contributed by atoms with Crippen LogP contribution in [0.3, 0.4) is 0 Å². The van der Waals surface area contributed by atoms with Gasteiger partial charge >= 0.3 is 6.09 Å². The highest BCUT2D eigenvalue weighted by atomic mass is 16.6. The minimum Gasteiger partial charge on any atom is -0.465 e. The van der Waals surface area contributed by atoms with Gasteiger partial charge in [0.05, 0.1) is 23.5 Å². The molecule has 0 aliphatic heterocycles. The van der Waals surface area contributed by atoms with E-state index in [1.54, 1.807) is 0 Å². The van der Waals surface area contributed by atoms with E-state index in [2.05, 4.69) is 5.32 Å². The van der Waals surface area contributed by atoms with Crippen molar-refractivity contribution in [1.29, 1.82) is 5.26 Å². The first-order chi connectivity index (χ1) is 8.04. The van der Waals surface area contributed by atoms with Gasteiger partial charge in [-0.2, -0.15) is 5.26 Å². The van der Waals surface area contributed by atoms with Crippen molar-refractivity contribution < 1.29 is 14.8 Å². The van der Waals surface area contributed by atoms with E-state index >= 15 is 0 Å². The van der Waals surface area contributed by atoms with Crippen LogP contribution < -0.4 is 5.32 Å². The van der Waals surface area contributed by atoms with E-state index < -0.39 is 17.1 Å². The monoisotopic (exact) mass is 235 g/mol. The van der Waals surface area contributed by atoms with Crippen LogP contribution in [0, 0.1) is 21.4 Å². The average Bonchev–Trinajstić information content (AvgIpc) is 2.28. The first-order valence-corrected chi connectivity index (χ1v) is 4.65. The molecule has 17 heavy (non-hydrogen) atoms. The quantitative estimate of drug-likeness (QED) is 0.609. The van der Waals surface area contributed by atoms with Crippen LogP contribution in [-0.4, -0.2) is 16.1 Å². The maximum absolute atomic E-state index is 10.5. The van der Waals surface area contributed by atoms with Gasteiger partial charge in [0.15, 0.2) is 0 Å². The molecule has 0 aliphatic carbocycles. The van der Waals surface area contributed by atoms with E-state index in [0.29, 0.717) is 5.56 Å². The molecule has 0 aromatic heterocycles. The molecule has 7 nitrogen and oxygen atoms in total. The van der Waals surface area contributed by atoms with E-state index in [4.69, 9.17) is 10.4 Å². The maximum atomic E-state index is 10.5. The molecule has 88 valence electrons. The Morgan fingerprint density at radius 2 is 2.12 bits per heavy atom. The van der Waals surface area contributed by atoms with Crippen molar-refractivity contribution in [3.63, 3.8) is 0 Å². The summed E-state index contributed by atoms with van der Waals surface area (Å²) in [4.78, 5) is 20.4. The van der Waals surface area contributed by atoms with Gasteiger partial charge in [-0.15, -0.1) is 0 Å². The number of hydrogen-bond donors (Lipinski definition) is 2. The van der Waals surface area contributed by atoms with E-state index in [1.807, 2.05) is 6.07 Å². The Bertz CT molecular complexity index is 463. The number of non-ortho nitro benzene ring substituents is 1. The lowest BCUT2D eigenvalue weighted by Gasteiger charge is -2.13. The highest BCUT2D eigenvalue weighted by molar-refractivity contribution is 5.65. The first kappa shape index (κ1) is 12.4. The number of nitriles is 1. The molecule has 1 aromatic carbocycles. The Morgan fingerprint density at radius 1 is 1.53 bits per heavy atom. The molecule has 0 fully saturated rings. The maximum Gasteiger partial charge on any atom is 0.405 e. The third kappa shape index (κ3) is 3.46. The summed E-state index contributed by atoms with van der Waals surface area (Å²) in [5, 5.41) is 29.7. The summed E-state index contributed by atoms with van der Waals surface area (Å²) < 4.78 is 0. The minimum atomic E-state index is -1.25. The van der Waals surface area contributed by atoms with Gasteiger partial charge in [0.2, 0.25) is 0 Å². The Hall–Kier alpha value is -2.62. The summed E-state index contributed by atoms with van der Waals surface area (Å²) in [6.07, 6.45) is -1.28. The zero-order valence-electron chi connectivity index (χ0n) is 8.66. The summed E-state index contributed by atoms with van der Waals surface area (Å²) >= 11 is 0. The molecule has 2 N–H and O–H groups in total. The van der Waals surface area contributed by atoms with Gasteiger partial charge in [-0.1, -0.05) is 12.1 Å². The predicted octanol–water partition coefficient (Wildman–Crippen LogP) is 1.82. The van der Waals surface area contributed by atoms with Crippen LogP contribution in [0.5, 0.6) is 0 Å². The van der Waals surface area contributed by atoms with Gasteiger partial charge in [0.1, 0.15) is 0 Å². The highest BCUT2D eigenvalue weighted by Crippen LogP contribution is 2.19. The molecular weight excluding hydrogens is 226 g/mol. The summed E-state index contributed by atoms with van der Waals surface area (Å²) in [6.45, 7) is 0. The number of nitro groups is 1. The third-order valence-corrected chi connectivity index (χ3v) is 2.10. The number of carboxylic acid groups (broad SMARTS) is 1. The standard InChI is InChI=1S/C10H9N3O4/c11-6-5-9(12-10(14)15)7-1-3-8(4-2-7)13(16)17/h1-4,9,12H,5H2,(H,14,15). The Morgan fingerprint density at radius 3 is 2.53 bits per heavy atom. The fourth-order valence-corrected chi connectivity index (χ4v) is 1.32. The molecule has 1 amide bonds. The largest absolute Gasteiger partial charge is 0.465 e. The molecule has 0 bridgehead atoms. The number of carbonyl (C=O) groups is 1. The van der Waals surface area contributed by atoms with Gasteiger partial charge in [-0.3, -0.25) is 10.1 Å². The van der Waals surface area contributed by atoms with E-state index in [1.165, 1.54) is 24.3 Å². The van der Waals surface area contributed by atoms with Crippen LogP contribution >= 0.6 is 0 Å². The summed E-state index contributed by atoms with van der Waals surface area (Å²) in [5.74, 6) is 0. The van der Waals surface area contributed by atoms with Gasteiger partial charge in [-0.05, 0) is 5.56 Å². The van der Waals surface area contributed by atoms with E-state index in [0.717, 1.165) is 0 Å². The highest BCUT2D eigenvalue weighted by Gasteiger charge is 2.14. The lowest BCUT2D eigenvalue weighted by Crippen LogP contribution is -2.26. The van der Waals surface area contributed by atoms with Crippen molar-refractivity contribution in [3.05, 3.63) is 39.9 Å². The molecule has 1 aromatic rings. The number of rotatable bonds is 4. The zero-order valence-corrected chi connectivity index (χ0v) is 8.66. The van der Waals surface area contributed by atoms with E-state index in [9.17, 15) is 14.9 Å². The Labute approximate surface area is 96.4 Å². The molecular formula is C10H9N3O4. The molecule has 0 spiro atoms. The fourth-order valence-electron chi connectivity index (χ4n) is 1.32. The van der Waals surface area contributed by atoms with Crippen molar-refractivity contribution >= 4 is 11.8 Å². The van der Waals surface area contributed by atoms with Crippen LogP contribution in [0.4, 0.5) is 10.5 Å². The molecule has 1 rings (SSSR count). The van der Waals surface area contributed by atoms with Crippen LogP contribution in [-0.2, 0) is 0 Å². The predicted molar refractivity (Wildman–Crippen MR) is 57.2 cm³/mol. The van der Waals surface area contributed by atoms with Crippen molar-refractivity contribution in [2.24, 2.45) is 0 Å². The molecule has 1 unspecified atom stereocenters. The molecule has 7 heteroatoms. The van der Waals surface area contributed by atoms with Crippen molar-refractivity contribution in [3.8, 4) is 6.07 Å². The molecule has 0 saturated carbocycles. The van der Waals surface area contributed by atoms with Crippen molar-refractivity contribution in [2.45, 2.75) is 12.5 Å². The third-order valence-electron chi connectivity index (χ3n) is 2.10. The van der Waals surface area contributed by atoms with Gasteiger partial charge in [-0.25, -0.2) is 4.79 Å². The number of nitro benzene ring substituents is 1. The SMILES string of the molecule is N#CCC(NC(=O)O)c1ccc([N+](=O)[O-])cc1. The summed E-state index contributed by atoms with van der Waals surface area (Å²) in [7, 11) is 0. The molecule has 1 atom stereocenters. The second-order valence-electron chi connectivity index (χ2n) is 3.21. The number of benzene rings is 1. The van der Waals surface area contributed by atoms with E-state index in [-0.39, 0.29) is 12.1 Å². The molecule has 0 aliphatic rings. The number of nitrogens with zero attached hydrogens (tertiary/aromatic N) is 2. The normalized spacial score (nSPS) is 11.2. The number of nitrogens with one attached hydrogen (secondary N) is 1. The topological polar surface area (TPSA) is 116 Å². The summed E-state index contributed by atoms with van der Waals surface area (Å²) in [5.41, 5.74) is 0.430. The Kier molecular flexibility index (Phi) is 4.00. The van der Waals surface area contributed by atoms with Gasteiger partial charge in [0, 0.05) is 12.1 Å². The van der Waals surface area contributed by atoms with Crippen molar-refractivity contribution in [1.82, 2.24) is 5.32 Å². The lowest BCUT2D eigenvalue weighted by molar-refractivity contribution is -0.384. The second-order valence-corrected chi connectivity index (χ2v) is 3.21. The van der Waals surface area contributed by atoms with Gasteiger partial charge < -0.3 is 10.4 Å². The zero-order chi connectivity index (χ0) is 12.8. The first-order valence-electron chi connectivity index (χ1n) is 4.65. The van der Waals surface area contributed by atoms with Gasteiger partial charge in [0.25, 0.3) is 5.69 Å². The molecule has 0 radical (unpaired) electrons. The second kappa shape index (κ2) is 5.46. The summed E-state index contributed by atoms with van der Waals surface area (Å²) in [6, 6.07) is 6.55. The molecule has 0 saturated heterocycles. The Balaban J connectivity index is 2.91. The lowest BCUT2D eigenvalue weighted by atomic mass is 10.0. The fraction of sp³-hybridized carbons (Fsp3) is 0.200.